The van der Waals surface area contributed by atoms with Gasteiger partial charge in [0.2, 0.25) is 5.91 Å². The maximum absolute atomic E-state index is 12.4. The van der Waals surface area contributed by atoms with E-state index < -0.39 is 0 Å². The second-order valence-corrected chi connectivity index (χ2v) is 7.95. The van der Waals surface area contributed by atoms with Crippen molar-refractivity contribution in [2.45, 2.75) is 32.6 Å². The van der Waals surface area contributed by atoms with Crippen LogP contribution in [0, 0.1) is 13.8 Å². The van der Waals surface area contributed by atoms with Crippen LogP contribution in [0.1, 0.15) is 36.0 Å². The minimum atomic E-state index is 0.170. The van der Waals surface area contributed by atoms with Crippen LogP contribution in [0.3, 0.4) is 0 Å². The fourth-order valence-corrected chi connectivity index (χ4v) is 3.84. The number of anilines is 2. The van der Waals surface area contributed by atoms with E-state index in [0.29, 0.717) is 13.1 Å². The highest BCUT2D eigenvalue weighted by Gasteiger charge is 2.27. The van der Waals surface area contributed by atoms with Crippen LogP contribution >= 0.6 is 11.3 Å². The van der Waals surface area contributed by atoms with E-state index in [2.05, 4.69) is 15.3 Å². The summed E-state index contributed by atoms with van der Waals surface area (Å²) in [6.07, 6.45) is 1.99. The first-order valence-corrected chi connectivity index (χ1v) is 9.76. The van der Waals surface area contributed by atoms with E-state index in [9.17, 15) is 4.79 Å². The Morgan fingerprint density at radius 2 is 2.12 bits per heavy atom. The molecule has 0 radical (unpaired) electrons. The molecule has 1 N–H and O–H groups in total. The quantitative estimate of drug-likeness (QED) is 0.867. The minimum absolute atomic E-state index is 0.170. The molecule has 0 saturated carbocycles. The molecule has 3 heterocycles. The van der Waals surface area contributed by atoms with Gasteiger partial charge in [-0.2, -0.15) is 0 Å². The number of aryl methyl sites for hydroxylation is 2. The molecule has 1 atom stereocenters. The van der Waals surface area contributed by atoms with Crippen molar-refractivity contribution >= 4 is 28.2 Å². The summed E-state index contributed by atoms with van der Waals surface area (Å²) in [7, 11) is 3.84. The number of likely N-dealkylation sites (N-methyl/N-ethyl adjacent to an activating group) is 1. The summed E-state index contributed by atoms with van der Waals surface area (Å²) >= 11 is 1.56. The molecule has 1 aliphatic rings. The molecular weight excluding hydrogens is 348 g/mol. The Hall–Kier alpha value is -2.06. The second-order valence-electron chi connectivity index (χ2n) is 7.09. The smallest absolute Gasteiger partial charge is 0.236 e. The first-order chi connectivity index (χ1) is 12.4. The highest BCUT2D eigenvalue weighted by molar-refractivity contribution is 7.13. The number of hydrogen-bond donors (Lipinski definition) is 1. The van der Waals surface area contributed by atoms with Gasteiger partial charge in [0.25, 0.3) is 0 Å². The summed E-state index contributed by atoms with van der Waals surface area (Å²) in [5.41, 5.74) is 1.91. The highest BCUT2D eigenvalue weighted by atomic mass is 32.1. The van der Waals surface area contributed by atoms with Crippen LogP contribution in [0.5, 0.6) is 0 Å². The van der Waals surface area contributed by atoms with Crippen LogP contribution in [0.2, 0.25) is 0 Å². The van der Waals surface area contributed by atoms with Gasteiger partial charge < -0.3 is 15.1 Å². The van der Waals surface area contributed by atoms with Gasteiger partial charge in [-0.05, 0) is 40.8 Å². The van der Waals surface area contributed by atoms with Crippen molar-refractivity contribution in [3.8, 4) is 0 Å². The van der Waals surface area contributed by atoms with Crippen molar-refractivity contribution in [2.24, 2.45) is 0 Å². The molecule has 0 aliphatic carbocycles. The molecule has 26 heavy (non-hydrogen) atoms. The highest BCUT2D eigenvalue weighted by Crippen LogP contribution is 2.27. The molecule has 7 nitrogen and oxygen atoms in total. The topological polar surface area (TPSA) is 74.2 Å². The number of piperidine rings is 1. The Balaban J connectivity index is 1.74. The summed E-state index contributed by atoms with van der Waals surface area (Å²) in [6.45, 7) is 5.89. The maximum atomic E-state index is 12.4. The Labute approximate surface area is 158 Å². The fourth-order valence-electron chi connectivity index (χ4n) is 3.14. The SMILES string of the molecule is Cc1cc(Nc2nc(C)cs2)nc(C2CCCN(C(=O)CN(C)C)C2)n1. The van der Waals surface area contributed by atoms with Crippen LogP contribution in [0.25, 0.3) is 0 Å². The van der Waals surface area contributed by atoms with Gasteiger partial charge in [0.15, 0.2) is 5.13 Å². The molecule has 8 heteroatoms. The van der Waals surface area contributed by atoms with Gasteiger partial charge in [0.1, 0.15) is 11.6 Å². The van der Waals surface area contributed by atoms with Gasteiger partial charge in [-0.3, -0.25) is 4.79 Å². The predicted molar refractivity (Wildman–Crippen MR) is 104 cm³/mol. The van der Waals surface area contributed by atoms with E-state index in [4.69, 9.17) is 4.98 Å². The van der Waals surface area contributed by atoms with E-state index in [-0.39, 0.29) is 11.8 Å². The summed E-state index contributed by atoms with van der Waals surface area (Å²) in [4.78, 5) is 30.0. The number of carbonyl (C=O) groups is 1. The molecule has 1 fully saturated rings. The van der Waals surface area contributed by atoms with Crippen LogP contribution in [-0.4, -0.2) is 64.4 Å². The number of carbonyl (C=O) groups excluding carboxylic acids is 1. The van der Waals surface area contributed by atoms with Crippen LogP contribution in [0.4, 0.5) is 10.9 Å². The molecule has 1 aliphatic heterocycles. The predicted octanol–water partition coefficient (Wildman–Crippen LogP) is 2.56. The lowest BCUT2D eigenvalue weighted by atomic mass is 9.97. The summed E-state index contributed by atoms with van der Waals surface area (Å²) in [6, 6.07) is 1.93. The van der Waals surface area contributed by atoms with Crippen LogP contribution in [0.15, 0.2) is 11.4 Å². The maximum Gasteiger partial charge on any atom is 0.236 e. The standard InChI is InChI=1S/C18H26N6OS/c1-12-8-15(22-18-20-13(2)11-26-18)21-17(19-12)14-6-5-7-24(9-14)16(25)10-23(3)4/h8,11,14H,5-7,9-10H2,1-4H3,(H,19,20,21,22). The minimum Gasteiger partial charge on any atom is -0.341 e. The molecule has 3 rings (SSSR count). The molecule has 1 saturated heterocycles. The lowest BCUT2D eigenvalue weighted by Crippen LogP contribution is -2.43. The largest absolute Gasteiger partial charge is 0.341 e. The number of rotatable bonds is 5. The van der Waals surface area contributed by atoms with Crippen molar-refractivity contribution in [3.63, 3.8) is 0 Å². The first-order valence-electron chi connectivity index (χ1n) is 8.88. The third-order valence-electron chi connectivity index (χ3n) is 4.32. The van der Waals surface area contributed by atoms with E-state index in [1.807, 2.05) is 49.2 Å². The van der Waals surface area contributed by atoms with Gasteiger partial charge in [-0.1, -0.05) is 0 Å². The van der Waals surface area contributed by atoms with E-state index in [1.165, 1.54) is 0 Å². The van der Waals surface area contributed by atoms with Gasteiger partial charge in [0, 0.05) is 36.1 Å². The molecule has 0 aromatic carbocycles. The zero-order valence-corrected chi connectivity index (χ0v) is 16.6. The van der Waals surface area contributed by atoms with Crippen molar-refractivity contribution in [1.29, 1.82) is 0 Å². The van der Waals surface area contributed by atoms with Gasteiger partial charge in [0.05, 0.1) is 12.2 Å². The number of thiazole rings is 1. The zero-order valence-electron chi connectivity index (χ0n) is 15.8. The second kappa shape index (κ2) is 8.09. The Morgan fingerprint density at radius 3 is 2.81 bits per heavy atom. The van der Waals surface area contributed by atoms with E-state index in [1.54, 1.807) is 11.3 Å². The molecule has 140 valence electrons. The third-order valence-corrected chi connectivity index (χ3v) is 5.19. The fraction of sp³-hybridized carbons (Fsp3) is 0.556. The number of amides is 1. The number of likely N-dealkylation sites (tertiary alicyclic amines) is 1. The number of aromatic nitrogens is 3. The van der Waals surface area contributed by atoms with Crippen molar-refractivity contribution < 1.29 is 4.79 Å². The van der Waals surface area contributed by atoms with Crippen molar-refractivity contribution in [1.82, 2.24) is 24.8 Å². The van der Waals surface area contributed by atoms with Crippen molar-refractivity contribution in [3.05, 3.63) is 28.7 Å². The number of nitrogens with zero attached hydrogens (tertiary/aromatic N) is 5. The van der Waals surface area contributed by atoms with E-state index >= 15 is 0 Å². The molecular formula is C18H26N6OS. The lowest BCUT2D eigenvalue weighted by molar-refractivity contribution is -0.133. The summed E-state index contributed by atoms with van der Waals surface area (Å²) in [5.74, 6) is 1.92. The van der Waals surface area contributed by atoms with Crippen LogP contribution < -0.4 is 5.32 Å². The first kappa shape index (κ1) is 18.7. The Bertz CT molecular complexity index is 775. The van der Waals surface area contributed by atoms with E-state index in [0.717, 1.165) is 47.5 Å². The molecule has 1 unspecified atom stereocenters. The monoisotopic (exact) mass is 374 g/mol. The number of hydrogen-bond acceptors (Lipinski definition) is 7. The molecule has 2 aromatic heterocycles. The lowest BCUT2D eigenvalue weighted by Gasteiger charge is -2.33. The van der Waals surface area contributed by atoms with Gasteiger partial charge in [-0.25, -0.2) is 15.0 Å². The van der Waals surface area contributed by atoms with Gasteiger partial charge >= 0.3 is 0 Å². The molecule has 1 amide bonds. The Morgan fingerprint density at radius 1 is 1.31 bits per heavy atom. The molecule has 0 spiro atoms. The molecule has 0 bridgehead atoms. The third kappa shape index (κ3) is 4.76. The summed E-state index contributed by atoms with van der Waals surface area (Å²) < 4.78 is 0. The number of nitrogens with one attached hydrogen (secondary N) is 1. The molecule has 2 aromatic rings. The van der Waals surface area contributed by atoms with Crippen molar-refractivity contribution in [2.75, 3.05) is 39.0 Å². The normalized spacial score (nSPS) is 17.6. The average Bonchev–Trinajstić information content (AvgIpc) is 2.98. The van der Waals surface area contributed by atoms with Crippen LogP contribution in [-0.2, 0) is 4.79 Å². The Kier molecular flexibility index (Phi) is 5.83. The van der Waals surface area contributed by atoms with Gasteiger partial charge in [-0.15, -0.1) is 11.3 Å². The zero-order chi connectivity index (χ0) is 18.7. The summed E-state index contributed by atoms with van der Waals surface area (Å²) in [5, 5.41) is 6.11. The average molecular weight is 375 g/mol.